The number of benzene rings is 1. The Labute approximate surface area is 115 Å². The van der Waals surface area contributed by atoms with Gasteiger partial charge in [-0.05, 0) is 44.4 Å². The minimum absolute atomic E-state index is 0.590. The molecule has 0 unspecified atom stereocenters. The average molecular weight is 257 g/mol. The summed E-state index contributed by atoms with van der Waals surface area (Å²) >= 11 is 0. The van der Waals surface area contributed by atoms with Crippen molar-refractivity contribution < 1.29 is 0 Å². The van der Waals surface area contributed by atoms with Gasteiger partial charge in [0, 0.05) is 36.7 Å². The van der Waals surface area contributed by atoms with Crippen molar-refractivity contribution in [2.24, 2.45) is 0 Å². The van der Waals surface area contributed by atoms with Crippen molar-refractivity contribution in [2.75, 3.05) is 18.1 Å². The van der Waals surface area contributed by atoms with Crippen LogP contribution in [0.25, 0.3) is 0 Å². The first-order valence-corrected chi connectivity index (χ1v) is 7.19. The lowest BCUT2D eigenvalue weighted by Crippen LogP contribution is -2.28. The summed E-state index contributed by atoms with van der Waals surface area (Å²) in [6, 6.07) is 7.35. The molecule has 3 nitrogen and oxygen atoms in total. The van der Waals surface area contributed by atoms with Crippen LogP contribution in [0, 0.1) is 0 Å². The predicted octanol–water partition coefficient (Wildman–Crippen LogP) is 2.68. The molecule has 2 heterocycles. The molecule has 0 bridgehead atoms. The van der Waals surface area contributed by atoms with Gasteiger partial charge in [0.05, 0.1) is 6.67 Å². The molecule has 3 rings (SSSR count). The van der Waals surface area contributed by atoms with E-state index in [-0.39, 0.29) is 0 Å². The number of nitrogens with one attached hydrogen (secondary N) is 1. The zero-order chi connectivity index (χ0) is 13.4. The van der Waals surface area contributed by atoms with E-state index in [0.717, 1.165) is 19.8 Å². The van der Waals surface area contributed by atoms with E-state index in [1.807, 2.05) is 0 Å². The first-order valence-electron chi connectivity index (χ1n) is 7.19. The van der Waals surface area contributed by atoms with E-state index in [4.69, 9.17) is 0 Å². The van der Waals surface area contributed by atoms with Gasteiger partial charge >= 0.3 is 0 Å². The third-order valence-corrected chi connectivity index (χ3v) is 4.09. The molecule has 0 saturated heterocycles. The molecular formula is C16H23N3. The van der Waals surface area contributed by atoms with Gasteiger partial charge in [-0.3, -0.25) is 0 Å². The van der Waals surface area contributed by atoms with Gasteiger partial charge in [0.25, 0.3) is 0 Å². The topological polar surface area (TPSA) is 18.5 Å². The molecule has 0 aliphatic carbocycles. The highest BCUT2D eigenvalue weighted by Crippen LogP contribution is 2.32. The van der Waals surface area contributed by atoms with Crippen LogP contribution in [0.1, 0.15) is 31.9 Å². The zero-order valence-corrected chi connectivity index (χ0v) is 12.1. The second kappa shape index (κ2) is 4.80. The lowest BCUT2D eigenvalue weighted by Gasteiger charge is -2.24. The average Bonchev–Trinajstić information content (AvgIpc) is 2.96. The summed E-state index contributed by atoms with van der Waals surface area (Å²) in [6.07, 6.45) is 3.40. The Bertz CT molecular complexity index is 505. The lowest BCUT2D eigenvalue weighted by atomic mass is 10.0. The number of allylic oxidation sites excluding steroid dienone is 1. The van der Waals surface area contributed by atoms with Gasteiger partial charge in [0.1, 0.15) is 0 Å². The van der Waals surface area contributed by atoms with E-state index in [1.54, 1.807) is 5.56 Å². The molecule has 0 radical (unpaired) electrons. The maximum atomic E-state index is 3.36. The number of rotatable bonds is 3. The first-order chi connectivity index (χ1) is 9.15. The molecule has 2 aliphatic rings. The van der Waals surface area contributed by atoms with Crippen molar-refractivity contribution >= 4 is 5.69 Å². The molecule has 0 amide bonds. The van der Waals surface area contributed by atoms with Gasteiger partial charge < -0.3 is 15.1 Å². The Morgan fingerprint density at radius 1 is 1.32 bits per heavy atom. The van der Waals surface area contributed by atoms with Crippen LogP contribution in [0.4, 0.5) is 5.69 Å². The maximum Gasteiger partial charge on any atom is 0.0873 e. The van der Waals surface area contributed by atoms with Crippen LogP contribution >= 0.6 is 0 Å². The molecule has 1 aromatic rings. The predicted molar refractivity (Wildman–Crippen MR) is 79.9 cm³/mol. The van der Waals surface area contributed by atoms with E-state index in [1.165, 1.54) is 23.4 Å². The summed E-state index contributed by atoms with van der Waals surface area (Å²) in [6.45, 7) is 9.78. The van der Waals surface area contributed by atoms with E-state index in [0.29, 0.717) is 6.04 Å². The summed E-state index contributed by atoms with van der Waals surface area (Å²) in [5.74, 6) is 0. The van der Waals surface area contributed by atoms with Crippen LogP contribution in [-0.4, -0.2) is 24.2 Å². The van der Waals surface area contributed by atoms with Crippen LogP contribution in [0.2, 0.25) is 0 Å². The first kappa shape index (κ1) is 12.4. The Balaban J connectivity index is 1.84. The molecule has 3 heteroatoms. The summed E-state index contributed by atoms with van der Waals surface area (Å²) < 4.78 is 0. The molecule has 0 aromatic heterocycles. The highest BCUT2D eigenvalue weighted by Gasteiger charge is 2.23. The summed E-state index contributed by atoms with van der Waals surface area (Å²) in [4.78, 5) is 4.87. The quantitative estimate of drug-likeness (QED) is 0.898. The Hall–Kier alpha value is -1.64. The monoisotopic (exact) mass is 257 g/mol. The molecule has 1 N–H and O–H groups in total. The number of fused-ring (bicyclic) bond motifs is 1. The molecule has 0 spiro atoms. The molecule has 2 aliphatic heterocycles. The van der Waals surface area contributed by atoms with Gasteiger partial charge in [-0.15, -0.1) is 0 Å². The van der Waals surface area contributed by atoms with E-state index < -0.39 is 0 Å². The molecule has 1 aromatic carbocycles. The van der Waals surface area contributed by atoms with Crippen molar-refractivity contribution in [2.45, 2.75) is 39.8 Å². The van der Waals surface area contributed by atoms with Gasteiger partial charge in [-0.25, -0.2) is 0 Å². The molecule has 102 valence electrons. The second-order valence-electron chi connectivity index (χ2n) is 5.85. The van der Waals surface area contributed by atoms with Crippen molar-refractivity contribution in [1.29, 1.82) is 0 Å². The SMILES string of the molecule is CC1=CN(Cc2cccc3c2CCN3C(C)C)CN1. The van der Waals surface area contributed by atoms with Gasteiger partial charge in [0.2, 0.25) is 0 Å². The largest absolute Gasteiger partial charge is 0.370 e. The van der Waals surface area contributed by atoms with Crippen molar-refractivity contribution in [1.82, 2.24) is 10.2 Å². The highest BCUT2D eigenvalue weighted by atomic mass is 15.3. The zero-order valence-electron chi connectivity index (χ0n) is 12.1. The fourth-order valence-corrected chi connectivity index (χ4v) is 3.13. The highest BCUT2D eigenvalue weighted by molar-refractivity contribution is 5.61. The van der Waals surface area contributed by atoms with Crippen molar-refractivity contribution in [3.05, 3.63) is 41.2 Å². The number of hydrogen-bond acceptors (Lipinski definition) is 3. The standard InChI is InChI=1S/C16H23N3/c1-12(2)19-8-7-15-14(5-4-6-16(15)19)10-18-9-13(3)17-11-18/h4-6,9,12,17H,7-8,10-11H2,1-3H3. The fraction of sp³-hybridized carbons (Fsp3) is 0.500. The van der Waals surface area contributed by atoms with Crippen LogP contribution in [0.3, 0.4) is 0 Å². The molecule has 19 heavy (non-hydrogen) atoms. The minimum atomic E-state index is 0.590. The van der Waals surface area contributed by atoms with E-state index >= 15 is 0 Å². The van der Waals surface area contributed by atoms with E-state index in [9.17, 15) is 0 Å². The van der Waals surface area contributed by atoms with E-state index in [2.05, 4.69) is 60.3 Å². The fourth-order valence-electron chi connectivity index (χ4n) is 3.13. The normalized spacial score (nSPS) is 17.8. The summed E-state index contributed by atoms with van der Waals surface area (Å²) in [5.41, 5.74) is 5.74. The molecular weight excluding hydrogens is 234 g/mol. The van der Waals surface area contributed by atoms with Crippen LogP contribution in [0.15, 0.2) is 30.1 Å². The lowest BCUT2D eigenvalue weighted by molar-refractivity contribution is 0.383. The van der Waals surface area contributed by atoms with Crippen LogP contribution < -0.4 is 10.2 Å². The number of nitrogens with zero attached hydrogens (tertiary/aromatic N) is 2. The molecule has 0 atom stereocenters. The molecule has 0 saturated carbocycles. The Kier molecular flexibility index (Phi) is 3.13. The molecule has 0 fully saturated rings. The summed E-state index contributed by atoms with van der Waals surface area (Å²) in [5, 5.41) is 3.36. The third-order valence-electron chi connectivity index (χ3n) is 4.09. The van der Waals surface area contributed by atoms with Crippen molar-refractivity contribution in [3.8, 4) is 0 Å². The van der Waals surface area contributed by atoms with Gasteiger partial charge in [-0.1, -0.05) is 12.1 Å². The van der Waals surface area contributed by atoms with Gasteiger partial charge in [0.15, 0.2) is 0 Å². The van der Waals surface area contributed by atoms with Gasteiger partial charge in [-0.2, -0.15) is 0 Å². The summed E-state index contributed by atoms with van der Waals surface area (Å²) in [7, 11) is 0. The van der Waals surface area contributed by atoms with Crippen LogP contribution in [0.5, 0.6) is 0 Å². The van der Waals surface area contributed by atoms with Crippen LogP contribution in [-0.2, 0) is 13.0 Å². The third kappa shape index (κ3) is 2.29. The smallest absolute Gasteiger partial charge is 0.0873 e. The number of hydrogen-bond donors (Lipinski definition) is 1. The minimum Gasteiger partial charge on any atom is -0.370 e. The Morgan fingerprint density at radius 3 is 2.84 bits per heavy atom. The maximum absolute atomic E-state index is 3.36. The second-order valence-corrected chi connectivity index (χ2v) is 5.85. The Morgan fingerprint density at radius 2 is 2.16 bits per heavy atom. The number of anilines is 1. The van der Waals surface area contributed by atoms with Crippen molar-refractivity contribution in [3.63, 3.8) is 0 Å².